The van der Waals surface area contributed by atoms with Gasteiger partial charge in [-0.25, -0.2) is 4.79 Å². The van der Waals surface area contributed by atoms with Gasteiger partial charge in [-0.3, -0.25) is 0 Å². The normalized spacial score (nSPS) is 9.20. The van der Waals surface area contributed by atoms with E-state index in [1.807, 2.05) is 0 Å². The van der Waals surface area contributed by atoms with Gasteiger partial charge in [0.25, 0.3) is 0 Å². The maximum absolute atomic E-state index is 11.3. The molecule has 0 aliphatic heterocycles. The minimum Gasteiger partial charge on any atom is -0.462 e. The molecule has 0 aliphatic carbocycles. The van der Waals surface area contributed by atoms with Crippen LogP contribution in [0.15, 0.2) is 23.3 Å². The van der Waals surface area contributed by atoms with Gasteiger partial charge in [0.15, 0.2) is 0 Å². The molecular formula is C9H8ClN3O2. The number of esters is 1. The Morgan fingerprint density at radius 3 is 2.93 bits per heavy atom. The number of hydrogen-bond acceptors (Lipinski definition) is 3. The Kier molecular flexibility index (Phi) is 3.97. The van der Waals surface area contributed by atoms with E-state index < -0.39 is 5.97 Å². The van der Waals surface area contributed by atoms with Crippen LogP contribution in [-0.4, -0.2) is 12.6 Å². The topological polar surface area (TPSA) is 75.1 Å². The van der Waals surface area contributed by atoms with Gasteiger partial charge in [-0.15, -0.1) is 0 Å². The third kappa shape index (κ3) is 3.16. The van der Waals surface area contributed by atoms with Crippen molar-refractivity contribution >= 4 is 23.3 Å². The highest BCUT2D eigenvalue weighted by atomic mass is 35.5. The van der Waals surface area contributed by atoms with Crippen molar-refractivity contribution in [1.82, 2.24) is 0 Å². The van der Waals surface area contributed by atoms with Crippen LogP contribution in [-0.2, 0) is 4.74 Å². The Hall–Kier alpha value is -1.71. The number of nitrogens with zero attached hydrogens (tertiary/aromatic N) is 3. The van der Waals surface area contributed by atoms with E-state index in [0.29, 0.717) is 5.02 Å². The Bertz CT molecular complexity index is 427. The molecule has 0 spiro atoms. The Labute approximate surface area is 91.2 Å². The predicted molar refractivity (Wildman–Crippen MR) is 56.2 cm³/mol. The molecule has 15 heavy (non-hydrogen) atoms. The molecule has 0 aromatic heterocycles. The number of benzene rings is 1. The molecule has 0 saturated carbocycles. The summed E-state index contributed by atoms with van der Waals surface area (Å²) in [5.74, 6) is -0.491. The van der Waals surface area contributed by atoms with Gasteiger partial charge in [-0.2, -0.15) is 0 Å². The molecule has 0 fully saturated rings. The molecule has 0 N–H and O–H groups in total. The maximum Gasteiger partial charge on any atom is 0.338 e. The number of hydrogen-bond donors (Lipinski definition) is 0. The summed E-state index contributed by atoms with van der Waals surface area (Å²) in [7, 11) is 0. The fourth-order valence-electron chi connectivity index (χ4n) is 1.02. The second kappa shape index (κ2) is 5.24. The van der Waals surface area contributed by atoms with Crippen molar-refractivity contribution in [3.63, 3.8) is 0 Å². The summed E-state index contributed by atoms with van der Waals surface area (Å²) in [6.07, 6.45) is 0. The Balaban J connectivity index is 3.08. The van der Waals surface area contributed by atoms with Crippen LogP contribution in [0.2, 0.25) is 5.02 Å². The van der Waals surface area contributed by atoms with Crippen molar-refractivity contribution in [1.29, 1.82) is 0 Å². The molecule has 1 aromatic rings. The number of azide groups is 1. The first-order valence-electron chi connectivity index (χ1n) is 4.20. The molecular weight excluding hydrogens is 218 g/mol. The van der Waals surface area contributed by atoms with Gasteiger partial charge in [0, 0.05) is 15.6 Å². The molecule has 0 radical (unpaired) electrons. The zero-order valence-electron chi connectivity index (χ0n) is 7.98. The molecule has 0 heterocycles. The lowest BCUT2D eigenvalue weighted by molar-refractivity contribution is 0.0526. The number of rotatable bonds is 3. The fourth-order valence-corrected chi connectivity index (χ4v) is 1.25. The van der Waals surface area contributed by atoms with Crippen molar-refractivity contribution < 1.29 is 9.53 Å². The summed E-state index contributed by atoms with van der Waals surface area (Å²) < 4.78 is 4.78. The second-order valence-corrected chi connectivity index (χ2v) is 3.04. The average molecular weight is 226 g/mol. The molecule has 0 amide bonds. The molecule has 0 unspecified atom stereocenters. The highest BCUT2D eigenvalue weighted by Gasteiger charge is 2.08. The van der Waals surface area contributed by atoms with Crippen molar-refractivity contribution in [2.24, 2.45) is 5.11 Å². The zero-order valence-corrected chi connectivity index (χ0v) is 8.73. The van der Waals surface area contributed by atoms with E-state index in [1.54, 1.807) is 6.92 Å². The van der Waals surface area contributed by atoms with Crippen LogP contribution < -0.4 is 0 Å². The number of ether oxygens (including phenoxy) is 1. The molecule has 0 bridgehead atoms. The maximum atomic E-state index is 11.3. The lowest BCUT2D eigenvalue weighted by Crippen LogP contribution is -2.04. The first-order chi connectivity index (χ1) is 7.17. The van der Waals surface area contributed by atoms with Crippen LogP contribution in [0.25, 0.3) is 10.4 Å². The summed E-state index contributed by atoms with van der Waals surface area (Å²) in [6.45, 7) is 1.99. The summed E-state index contributed by atoms with van der Waals surface area (Å²) in [5, 5.41) is 3.68. The quantitative estimate of drug-likeness (QED) is 0.342. The smallest absolute Gasteiger partial charge is 0.338 e. The van der Waals surface area contributed by atoms with Crippen LogP contribution in [0, 0.1) is 0 Å². The SMILES string of the molecule is CCOC(=O)c1cc(Cl)cc(N=[N+]=[N-])c1. The standard InChI is InChI=1S/C9H8ClN3O2/c1-2-15-9(14)6-3-7(10)5-8(4-6)12-13-11/h3-5H,2H2,1H3. The van der Waals surface area contributed by atoms with Gasteiger partial charge >= 0.3 is 5.97 Å². The van der Waals surface area contributed by atoms with Gasteiger partial charge in [-0.05, 0) is 30.7 Å². The van der Waals surface area contributed by atoms with E-state index in [0.717, 1.165) is 0 Å². The summed E-state index contributed by atoms with van der Waals surface area (Å²) in [6, 6.07) is 4.34. The number of carbonyl (C=O) groups is 1. The molecule has 0 atom stereocenters. The van der Waals surface area contributed by atoms with Gasteiger partial charge in [-0.1, -0.05) is 16.7 Å². The van der Waals surface area contributed by atoms with E-state index in [4.69, 9.17) is 21.9 Å². The first kappa shape index (κ1) is 11.4. The second-order valence-electron chi connectivity index (χ2n) is 2.61. The molecule has 1 rings (SSSR count). The van der Waals surface area contributed by atoms with Crippen LogP contribution in [0.3, 0.4) is 0 Å². The molecule has 78 valence electrons. The largest absolute Gasteiger partial charge is 0.462 e. The highest BCUT2D eigenvalue weighted by molar-refractivity contribution is 6.31. The number of halogens is 1. The summed E-state index contributed by atoms with van der Waals surface area (Å²) >= 11 is 5.74. The van der Waals surface area contributed by atoms with Gasteiger partial charge in [0.2, 0.25) is 0 Å². The van der Waals surface area contributed by atoms with Crippen LogP contribution in [0.4, 0.5) is 5.69 Å². The van der Waals surface area contributed by atoms with Gasteiger partial charge < -0.3 is 4.74 Å². The predicted octanol–water partition coefficient (Wildman–Crippen LogP) is 3.46. The molecule has 0 saturated heterocycles. The Morgan fingerprint density at radius 1 is 1.60 bits per heavy atom. The van der Waals surface area contributed by atoms with Crippen molar-refractivity contribution in [2.75, 3.05) is 6.61 Å². The molecule has 0 aliphatic rings. The monoisotopic (exact) mass is 225 g/mol. The lowest BCUT2D eigenvalue weighted by atomic mass is 10.2. The van der Waals surface area contributed by atoms with E-state index in [2.05, 4.69) is 10.0 Å². The minimum atomic E-state index is -0.491. The molecule has 6 heteroatoms. The molecule has 1 aromatic carbocycles. The van der Waals surface area contributed by atoms with E-state index in [1.165, 1.54) is 18.2 Å². The summed E-state index contributed by atoms with van der Waals surface area (Å²) in [5.41, 5.74) is 8.80. The molecule has 5 nitrogen and oxygen atoms in total. The van der Waals surface area contributed by atoms with E-state index in [-0.39, 0.29) is 17.9 Å². The lowest BCUT2D eigenvalue weighted by Gasteiger charge is -2.02. The van der Waals surface area contributed by atoms with E-state index >= 15 is 0 Å². The zero-order chi connectivity index (χ0) is 11.3. The third-order valence-corrected chi connectivity index (χ3v) is 1.77. The summed E-state index contributed by atoms with van der Waals surface area (Å²) in [4.78, 5) is 13.9. The van der Waals surface area contributed by atoms with Crippen molar-refractivity contribution in [3.05, 3.63) is 39.2 Å². The third-order valence-electron chi connectivity index (χ3n) is 1.55. The Morgan fingerprint density at radius 2 is 2.33 bits per heavy atom. The first-order valence-corrected chi connectivity index (χ1v) is 4.58. The van der Waals surface area contributed by atoms with Crippen molar-refractivity contribution in [3.8, 4) is 0 Å². The average Bonchev–Trinajstić information content (AvgIpc) is 2.17. The highest BCUT2D eigenvalue weighted by Crippen LogP contribution is 2.22. The van der Waals surface area contributed by atoms with Crippen LogP contribution in [0.5, 0.6) is 0 Å². The van der Waals surface area contributed by atoms with Crippen LogP contribution >= 0.6 is 11.6 Å². The number of carbonyl (C=O) groups excluding carboxylic acids is 1. The van der Waals surface area contributed by atoms with Gasteiger partial charge in [0.1, 0.15) is 0 Å². The van der Waals surface area contributed by atoms with Gasteiger partial charge in [0.05, 0.1) is 12.2 Å². The van der Waals surface area contributed by atoms with E-state index in [9.17, 15) is 4.79 Å². The van der Waals surface area contributed by atoms with Crippen LogP contribution in [0.1, 0.15) is 17.3 Å². The minimum absolute atomic E-state index is 0.270. The van der Waals surface area contributed by atoms with Crippen molar-refractivity contribution in [2.45, 2.75) is 6.92 Å². The fraction of sp³-hybridized carbons (Fsp3) is 0.222.